The smallest absolute Gasteiger partial charge is 0.225 e. The number of thiophene rings is 1. The molecule has 2 aliphatic carbocycles. The molecule has 3 heterocycles. The van der Waals surface area contributed by atoms with Crippen molar-refractivity contribution in [1.82, 2.24) is 20.2 Å². The Hall–Kier alpha value is -2.15. The highest BCUT2D eigenvalue weighted by Gasteiger charge is 2.34. The molecule has 3 aromatic heterocycles. The van der Waals surface area contributed by atoms with E-state index in [1.807, 2.05) is 13.0 Å². The first-order valence-electron chi connectivity index (χ1n) is 9.04. The van der Waals surface area contributed by atoms with E-state index in [4.69, 9.17) is 9.97 Å². The van der Waals surface area contributed by atoms with Crippen LogP contribution in [0.25, 0.3) is 10.2 Å². The van der Waals surface area contributed by atoms with Crippen LogP contribution in [-0.2, 0) is 0 Å². The van der Waals surface area contributed by atoms with Crippen LogP contribution in [0.2, 0.25) is 0 Å². The zero-order chi connectivity index (χ0) is 16.8. The Morgan fingerprint density at radius 2 is 2.00 bits per heavy atom. The quantitative estimate of drug-likeness (QED) is 0.645. The third-order valence-corrected chi connectivity index (χ3v) is 6.39. The minimum absolute atomic E-state index is 0.503. The monoisotopic (exact) mass is 354 g/mol. The molecule has 0 aliphatic heterocycles. The summed E-state index contributed by atoms with van der Waals surface area (Å²) >= 11 is 1.65. The number of fused-ring (bicyclic) bond motifs is 3. The SMILES string of the molecule is Cc1cc(Nc2nc(N[C@@H]3C[C@@H]4CC[C@@H](C4)C3)nc3ccsc23)n[nH]1. The fourth-order valence-electron chi connectivity index (χ4n) is 4.42. The summed E-state index contributed by atoms with van der Waals surface area (Å²) < 4.78 is 1.06. The molecule has 2 aliphatic rings. The van der Waals surface area contributed by atoms with Gasteiger partial charge in [0.25, 0.3) is 0 Å². The number of anilines is 3. The van der Waals surface area contributed by atoms with E-state index in [1.54, 1.807) is 11.3 Å². The Kier molecular flexibility index (Phi) is 3.62. The third kappa shape index (κ3) is 2.97. The second-order valence-electron chi connectivity index (χ2n) is 7.45. The van der Waals surface area contributed by atoms with Gasteiger partial charge in [-0.05, 0) is 49.5 Å². The Bertz CT molecular complexity index is 888. The van der Waals surface area contributed by atoms with E-state index in [0.717, 1.165) is 45.3 Å². The molecule has 2 fully saturated rings. The van der Waals surface area contributed by atoms with E-state index < -0.39 is 0 Å². The molecular weight excluding hydrogens is 332 g/mol. The van der Waals surface area contributed by atoms with E-state index in [9.17, 15) is 0 Å². The van der Waals surface area contributed by atoms with E-state index in [0.29, 0.717) is 6.04 Å². The van der Waals surface area contributed by atoms with Crippen molar-refractivity contribution in [3.8, 4) is 0 Å². The number of aromatic nitrogens is 4. The van der Waals surface area contributed by atoms with Gasteiger partial charge in [-0.25, -0.2) is 4.98 Å². The molecule has 3 N–H and O–H groups in total. The third-order valence-electron chi connectivity index (χ3n) is 5.47. The van der Waals surface area contributed by atoms with E-state index in [1.165, 1.54) is 32.1 Å². The molecule has 0 radical (unpaired) electrons. The van der Waals surface area contributed by atoms with Gasteiger partial charge in [0, 0.05) is 17.8 Å². The largest absolute Gasteiger partial charge is 0.351 e. The maximum atomic E-state index is 4.77. The fraction of sp³-hybridized carbons (Fsp3) is 0.500. The first-order valence-corrected chi connectivity index (χ1v) is 9.92. The van der Waals surface area contributed by atoms with Crippen LogP contribution < -0.4 is 10.6 Å². The highest BCUT2D eigenvalue weighted by atomic mass is 32.1. The molecule has 0 unspecified atom stereocenters. The molecule has 25 heavy (non-hydrogen) atoms. The van der Waals surface area contributed by atoms with Crippen molar-refractivity contribution in [2.24, 2.45) is 11.8 Å². The van der Waals surface area contributed by atoms with Gasteiger partial charge in [-0.1, -0.05) is 12.8 Å². The Morgan fingerprint density at radius 1 is 1.16 bits per heavy atom. The van der Waals surface area contributed by atoms with Gasteiger partial charge >= 0.3 is 0 Å². The number of H-pyrrole nitrogens is 1. The van der Waals surface area contributed by atoms with Crippen LogP contribution in [0.15, 0.2) is 17.5 Å². The minimum Gasteiger partial charge on any atom is -0.351 e. The second kappa shape index (κ2) is 5.98. The highest BCUT2D eigenvalue weighted by Crippen LogP contribution is 2.42. The van der Waals surface area contributed by atoms with Crippen LogP contribution in [0.1, 0.15) is 37.8 Å². The number of nitrogens with one attached hydrogen (secondary N) is 3. The van der Waals surface area contributed by atoms with Gasteiger partial charge in [-0.2, -0.15) is 10.1 Å². The number of rotatable bonds is 4. The summed E-state index contributed by atoms with van der Waals surface area (Å²) in [6.45, 7) is 1.99. The first-order chi connectivity index (χ1) is 12.2. The lowest BCUT2D eigenvalue weighted by Gasteiger charge is -2.28. The summed E-state index contributed by atoms with van der Waals surface area (Å²) in [6, 6.07) is 4.54. The molecule has 130 valence electrons. The fourth-order valence-corrected chi connectivity index (χ4v) is 5.20. The average molecular weight is 354 g/mol. The normalized spacial score (nSPS) is 25.4. The van der Waals surface area contributed by atoms with E-state index in [-0.39, 0.29) is 0 Å². The molecule has 0 aromatic carbocycles. The number of hydrogen-bond donors (Lipinski definition) is 3. The van der Waals surface area contributed by atoms with Gasteiger partial charge in [0.15, 0.2) is 11.6 Å². The van der Waals surface area contributed by atoms with Crippen LogP contribution >= 0.6 is 11.3 Å². The molecule has 0 amide bonds. The number of aromatic amines is 1. The molecule has 3 atom stereocenters. The van der Waals surface area contributed by atoms with E-state index in [2.05, 4.69) is 32.3 Å². The molecule has 2 bridgehead atoms. The van der Waals surface area contributed by atoms with Crippen LogP contribution in [0, 0.1) is 18.8 Å². The predicted octanol–water partition coefficient (Wildman–Crippen LogP) is 4.46. The lowest BCUT2D eigenvalue weighted by Crippen LogP contribution is -2.28. The predicted molar refractivity (Wildman–Crippen MR) is 101 cm³/mol. The summed E-state index contributed by atoms with van der Waals surface area (Å²) in [5, 5.41) is 16.2. The van der Waals surface area contributed by atoms with E-state index >= 15 is 0 Å². The van der Waals surface area contributed by atoms with Crippen molar-refractivity contribution in [3.05, 3.63) is 23.2 Å². The Labute approximate surface area is 150 Å². The maximum Gasteiger partial charge on any atom is 0.225 e. The standard InChI is InChI=1S/C18H22N6S/c1-10-6-15(24-23-10)21-17-16-14(4-5-25-16)20-18(22-17)19-13-8-11-2-3-12(7-11)9-13/h4-6,11-13H,2-3,7-9H2,1H3,(H3,19,20,21,22,23,24)/t11-,12+,13-. The summed E-state index contributed by atoms with van der Waals surface area (Å²) in [7, 11) is 0. The van der Waals surface area contributed by atoms with Crippen LogP contribution in [-0.4, -0.2) is 26.2 Å². The summed E-state index contributed by atoms with van der Waals surface area (Å²) in [5.74, 6) is 4.13. The molecule has 5 rings (SSSR count). The van der Waals surface area contributed by atoms with Gasteiger partial charge in [-0.3, -0.25) is 5.10 Å². The van der Waals surface area contributed by atoms with Crippen molar-refractivity contribution in [1.29, 1.82) is 0 Å². The number of aryl methyl sites for hydroxylation is 1. The van der Waals surface area contributed by atoms with Gasteiger partial charge in [0.05, 0.1) is 10.2 Å². The maximum absolute atomic E-state index is 4.77. The lowest BCUT2D eigenvalue weighted by atomic mass is 9.85. The minimum atomic E-state index is 0.503. The number of nitrogens with zero attached hydrogens (tertiary/aromatic N) is 3. The van der Waals surface area contributed by atoms with Gasteiger partial charge in [-0.15, -0.1) is 11.3 Å². The molecule has 0 spiro atoms. The molecule has 2 saturated carbocycles. The molecular formula is C18H22N6S. The van der Waals surface area contributed by atoms with Crippen LogP contribution in [0.5, 0.6) is 0 Å². The molecule has 7 heteroatoms. The van der Waals surface area contributed by atoms with Gasteiger partial charge in [0.1, 0.15) is 0 Å². The van der Waals surface area contributed by atoms with Crippen molar-refractivity contribution in [2.45, 2.75) is 45.1 Å². The molecule has 3 aromatic rings. The first kappa shape index (κ1) is 15.1. The van der Waals surface area contributed by atoms with Crippen molar-refractivity contribution in [2.75, 3.05) is 10.6 Å². The lowest BCUT2D eigenvalue weighted by molar-refractivity contribution is 0.333. The number of hydrogen-bond acceptors (Lipinski definition) is 6. The van der Waals surface area contributed by atoms with Gasteiger partial charge < -0.3 is 10.6 Å². The highest BCUT2D eigenvalue weighted by molar-refractivity contribution is 7.17. The molecule has 6 nitrogen and oxygen atoms in total. The van der Waals surface area contributed by atoms with Crippen LogP contribution in [0.4, 0.5) is 17.6 Å². The zero-order valence-corrected chi connectivity index (χ0v) is 15.1. The summed E-state index contributed by atoms with van der Waals surface area (Å²) in [5.41, 5.74) is 2.01. The van der Waals surface area contributed by atoms with Gasteiger partial charge in [0.2, 0.25) is 5.95 Å². The topological polar surface area (TPSA) is 78.5 Å². The van der Waals surface area contributed by atoms with Crippen LogP contribution in [0.3, 0.4) is 0 Å². The Balaban J connectivity index is 1.43. The Morgan fingerprint density at radius 3 is 2.76 bits per heavy atom. The molecule has 0 saturated heterocycles. The summed E-state index contributed by atoms with van der Waals surface area (Å²) in [6.07, 6.45) is 6.73. The van der Waals surface area contributed by atoms with Crippen molar-refractivity contribution >= 4 is 39.1 Å². The second-order valence-corrected chi connectivity index (χ2v) is 8.37. The average Bonchev–Trinajstić information content (AvgIpc) is 3.29. The summed E-state index contributed by atoms with van der Waals surface area (Å²) in [4.78, 5) is 9.49. The van der Waals surface area contributed by atoms with Crippen molar-refractivity contribution in [3.63, 3.8) is 0 Å². The van der Waals surface area contributed by atoms with Crippen molar-refractivity contribution < 1.29 is 0 Å². The zero-order valence-electron chi connectivity index (χ0n) is 14.2.